The Labute approximate surface area is 122 Å². The fourth-order valence-electron chi connectivity index (χ4n) is 2.90. The quantitative estimate of drug-likeness (QED) is 0.861. The molecule has 0 radical (unpaired) electrons. The highest BCUT2D eigenvalue weighted by Crippen LogP contribution is 2.20. The van der Waals surface area contributed by atoms with Crippen molar-refractivity contribution in [2.24, 2.45) is 11.7 Å². The van der Waals surface area contributed by atoms with Gasteiger partial charge in [-0.15, -0.1) is 12.4 Å². The largest absolute Gasteiger partial charge is 0.378 e. The molecule has 0 aromatic carbocycles. The number of carbonyl (C=O) groups excluding carboxylic acids is 1. The number of hydrogen-bond acceptors (Lipinski definition) is 3. The Hall–Kier alpha value is -0.320. The summed E-state index contributed by atoms with van der Waals surface area (Å²) in [6.07, 6.45) is 7.57. The van der Waals surface area contributed by atoms with Crippen LogP contribution in [0.2, 0.25) is 0 Å². The zero-order valence-electron chi connectivity index (χ0n) is 11.7. The standard InChI is InChI=1S/C14H26N2O2.ClH/c15-11-12-6-8-16(9-7-12)14(17)5-4-13-3-1-2-10-18-13;/h12-13H,1-11,15H2;1H. The first-order valence-corrected chi connectivity index (χ1v) is 7.39. The van der Waals surface area contributed by atoms with Crippen LogP contribution in [0.4, 0.5) is 0 Å². The van der Waals surface area contributed by atoms with Gasteiger partial charge in [0.15, 0.2) is 0 Å². The van der Waals surface area contributed by atoms with E-state index in [0.29, 0.717) is 24.3 Å². The van der Waals surface area contributed by atoms with Gasteiger partial charge in [0.05, 0.1) is 6.10 Å². The molecule has 0 bridgehead atoms. The Kier molecular flexibility index (Phi) is 7.73. The molecule has 2 N–H and O–H groups in total. The van der Waals surface area contributed by atoms with E-state index in [4.69, 9.17) is 10.5 Å². The lowest BCUT2D eigenvalue weighted by Gasteiger charge is -2.32. The summed E-state index contributed by atoms with van der Waals surface area (Å²) in [6, 6.07) is 0. The molecule has 1 atom stereocenters. The lowest BCUT2D eigenvalue weighted by molar-refractivity contribution is -0.133. The lowest BCUT2D eigenvalue weighted by atomic mass is 9.96. The summed E-state index contributed by atoms with van der Waals surface area (Å²) in [5.41, 5.74) is 5.66. The number of nitrogens with zero attached hydrogens (tertiary/aromatic N) is 1. The molecule has 2 rings (SSSR count). The number of carbonyl (C=O) groups is 1. The molecule has 1 amide bonds. The van der Waals surface area contributed by atoms with Gasteiger partial charge < -0.3 is 15.4 Å². The SMILES string of the molecule is Cl.NCC1CCN(C(=O)CCC2CCCCO2)CC1. The molecule has 2 fully saturated rings. The smallest absolute Gasteiger partial charge is 0.222 e. The van der Waals surface area contributed by atoms with Crippen molar-refractivity contribution in [1.82, 2.24) is 4.90 Å². The van der Waals surface area contributed by atoms with E-state index in [0.717, 1.165) is 51.9 Å². The van der Waals surface area contributed by atoms with Crippen LogP contribution in [0.25, 0.3) is 0 Å². The van der Waals surface area contributed by atoms with E-state index in [2.05, 4.69) is 0 Å². The maximum absolute atomic E-state index is 12.1. The summed E-state index contributed by atoms with van der Waals surface area (Å²) in [5.74, 6) is 0.926. The first kappa shape index (κ1) is 16.7. The van der Waals surface area contributed by atoms with E-state index in [-0.39, 0.29) is 12.4 Å². The van der Waals surface area contributed by atoms with Crippen LogP contribution in [0.5, 0.6) is 0 Å². The number of ether oxygens (including phenoxy) is 1. The summed E-state index contributed by atoms with van der Waals surface area (Å²) < 4.78 is 5.66. The number of halogens is 1. The van der Waals surface area contributed by atoms with E-state index in [1.165, 1.54) is 12.8 Å². The van der Waals surface area contributed by atoms with Gasteiger partial charge in [-0.1, -0.05) is 0 Å². The van der Waals surface area contributed by atoms with Crippen LogP contribution in [-0.4, -0.2) is 43.2 Å². The molecule has 1 unspecified atom stereocenters. The number of piperidine rings is 1. The van der Waals surface area contributed by atoms with Crippen LogP contribution in [0.1, 0.15) is 44.9 Å². The summed E-state index contributed by atoms with van der Waals surface area (Å²) in [5, 5.41) is 0. The van der Waals surface area contributed by atoms with Gasteiger partial charge in [0.1, 0.15) is 0 Å². The summed E-state index contributed by atoms with van der Waals surface area (Å²) in [4.78, 5) is 14.1. The zero-order chi connectivity index (χ0) is 12.8. The molecule has 2 heterocycles. The number of rotatable bonds is 4. The summed E-state index contributed by atoms with van der Waals surface area (Å²) in [6.45, 7) is 3.43. The van der Waals surface area contributed by atoms with Crippen molar-refractivity contribution in [3.05, 3.63) is 0 Å². The highest BCUT2D eigenvalue weighted by molar-refractivity contribution is 5.85. The molecular weight excluding hydrogens is 264 g/mol. The Morgan fingerprint density at radius 3 is 2.53 bits per heavy atom. The first-order chi connectivity index (χ1) is 8.79. The Balaban J connectivity index is 0.00000180. The molecule has 112 valence electrons. The second-order valence-corrected chi connectivity index (χ2v) is 5.59. The van der Waals surface area contributed by atoms with E-state index >= 15 is 0 Å². The minimum Gasteiger partial charge on any atom is -0.378 e. The number of likely N-dealkylation sites (tertiary alicyclic amines) is 1. The number of amides is 1. The fraction of sp³-hybridized carbons (Fsp3) is 0.929. The van der Waals surface area contributed by atoms with E-state index in [9.17, 15) is 4.79 Å². The Morgan fingerprint density at radius 2 is 1.95 bits per heavy atom. The van der Waals surface area contributed by atoms with E-state index < -0.39 is 0 Å². The second-order valence-electron chi connectivity index (χ2n) is 5.59. The first-order valence-electron chi connectivity index (χ1n) is 7.39. The molecule has 4 nitrogen and oxygen atoms in total. The predicted molar refractivity (Wildman–Crippen MR) is 78.4 cm³/mol. The third kappa shape index (κ3) is 5.28. The molecule has 0 aliphatic carbocycles. The number of hydrogen-bond donors (Lipinski definition) is 1. The zero-order valence-corrected chi connectivity index (χ0v) is 12.5. The second kappa shape index (κ2) is 8.77. The predicted octanol–water partition coefficient (Wildman–Crippen LogP) is 1.95. The van der Waals surface area contributed by atoms with Gasteiger partial charge >= 0.3 is 0 Å². The van der Waals surface area contributed by atoms with Gasteiger partial charge in [0.2, 0.25) is 5.91 Å². The molecule has 0 aromatic rings. The molecule has 0 saturated carbocycles. The minimum absolute atomic E-state index is 0. The monoisotopic (exact) mass is 290 g/mol. The third-order valence-electron chi connectivity index (χ3n) is 4.25. The normalized spacial score (nSPS) is 24.9. The van der Waals surface area contributed by atoms with Crippen LogP contribution in [-0.2, 0) is 9.53 Å². The van der Waals surface area contributed by atoms with Crippen LogP contribution >= 0.6 is 12.4 Å². The average Bonchev–Trinajstić information content (AvgIpc) is 2.46. The topological polar surface area (TPSA) is 55.6 Å². The molecule has 2 aliphatic rings. The van der Waals surface area contributed by atoms with Crippen LogP contribution in [0.15, 0.2) is 0 Å². The van der Waals surface area contributed by atoms with Gasteiger partial charge in [-0.2, -0.15) is 0 Å². The molecule has 0 spiro atoms. The van der Waals surface area contributed by atoms with E-state index in [1.807, 2.05) is 4.90 Å². The van der Waals surface area contributed by atoms with Gasteiger partial charge in [-0.05, 0) is 51.0 Å². The average molecular weight is 291 g/mol. The van der Waals surface area contributed by atoms with Gasteiger partial charge in [-0.3, -0.25) is 4.79 Å². The van der Waals surface area contributed by atoms with Gasteiger partial charge in [0.25, 0.3) is 0 Å². The molecule has 19 heavy (non-hydrogen) atoms. The van der Waals surface area contributed by atoms with Crippen molar-refractivity contribution >= 4 is 18.3 Å². The van der Waals surface area contributed by atoms with Crippen LogP contribution in [0.3, 0.4) is 0 Å². The van der Waals surface area contributed by atoms with Crippen molar-refractivity contribution in [3.63, 3.8) is 0 Å². The number of nitrogens with two attached hydrogens (primary N) is 1. The van der Waals surface area contributed by atoms with Crippen molar-refractivity contribution in [1.29, 1.82) is 0 Å². The highest BCUT2D eigenvalue weighted by Gasteiger charge is 2.23. The van der Waals surface area contributed by atoms with E-state index in [1.54, 1.807) is 0 Å². The minimum atomic E-state index is 0. The summed E-state index contributed by atoms with van der Waals surface area (Å²) in [7, 11) is 0. The van der Waals surface area contributed by atoms with Gasteiger partial charge in [-0.25, -0.2) is 0 Å². The van der Waals surface area contributed by atoms with Gasteiger partial charge in [0, 0.05) is 26.1 Å². The maximum Gasteiger partial charge on any atom is 0.222 e. The maximum atomic E-state index is 12.1. The molecule has 2 saturated heterocycles. The fourth-order valence-corrected chi connectivity index (χ4v) is 2.90. The van der Waals surface area contributed by atoms with Crippen molar-refractivity contribution < 1.29 is 9.53 Å². The Bertz CT molecular complexity index is 262. The molecule has 5 heteroatoms. The lowest BCUT2D eigenvalue weighted by Crippen LogP contribution is -2.40. The summed E-state index contributed by atoms with van der Waals surface area (Å²) >= 11 is 0. The van der Waals surface area contributed by atoms with Crippen LogP contribution in [0, 0.1) is 5.92 Å². The van der Waals surface area contributed by atoms with Crippen molar-refractivity contribution in [3.8, 4) is 0 Å². The van der Waals surface area contributed by atoms with Crippen molar-refractivity contribution in [2.75, 3.05) is 26.2 Å². The third-order valence-corrected chi connectivity index (χ3v) is 4.25. The molecule has 0 aromatic heterocycles. The molecular formula is C14H27ClN2O2. The van der Waals surface area contributed by atoms with Crippen LogP contribution < -0.4 is 5.73 Å². The Morgan fingerprint density at radius 1 is 1.21 bits per heavy atom. The highest BCUT2D eigenvalue weighted by atomic mass is 35.5. The molecule has 2 aliphatic heterocycles. The van der Waals surface area contributed by atoms with Crippen molar-refractivity contribution in [2.45, 2.75) is 51.0 Å².